The quantitative estimate of drug-likeness (QED) is 0.802. The van der Waals surface area contributed by atoms with Crippen LogP contribution in [0.4, 0.5) is 4.79 Å². The van der Waals surface area contributed by atoms with Gasteiger partial charge in [0.05, 0.1) is 5.41 Å². The first kappa shape index (κ1) is 16.9. The second-order valence-corrected chi connectivity index (χ2v) is 5.37. The number of aliphatic carboxylic acids is 1. The number of urea groups is 1. The van der Waals surface area contributed by atoms with Crippen LogP contribution in [0.5, 0.6) is 0 Å². The lowest BCUT2D eigenvalue weighted by Crippen LogP contribution is -2.45. The normalized spacial score (nSPS) is 13.3. The van der Waals surface area contributed by atoms with Gasteiger partial charge in [0.1, 0.15) is 0 Å². The summed E-state index contributed by atoms with van der Waals surface area (Å²) in [4.78, 5) is 28.9. The minimum absolute atomic E-state index is 0.117. The maximum atomic E-state index is 12.0. The molecular formula is C15H23N3O3. The number of hydrogen-bond donors (Lipinski definition) is 2. The molecule has 0 fully saturated rings. The van der Waals surface area contributed by atoms with E-state index in [0.29, 0.717) is 19.4 Å². The molecule has 1 heterocycles. The lowest BCUT2D eigenvalue weighted by molar-refractivity contribution is -0.147. The molecule has 0 bridgehead atoms. The average Bonchev–Trinajstić information content (AvgIpc) is 2.50. The van der Waals surface area contributed by atoms with Crippen molar-refractivity contribution in [2.45, 2.75) is 26.7 Å². The molecule has 2 amide bonds. The molecule has 1 unspecified atom stereocenters. The molecule has 1 atom stereocenters. The number of carboxylic acids is 1. The van der Waals surface area contributed by atoms with E-state index < -0.39 is 11.4 Å². The molecule has 0 spiro atoms. The summed E-state index contributed by atoms with van der Waals surface area (Å²) in [6.07, 6.45) is 2.84. The minimum atomic E-state index is -0.933. The van der Waals surface area contributed by atoms with Crippen LogP contribution < -0.4 is 5.32 Å². The number of carbonyl (C=O) groups is 2. The number of pyridine rings is 1. The van der Waals surface area contributed by atoms with E-state index >= 15 is 0 Å². The third kappa shape index (κ3) is 5.06. The van der Waals surface area contributed by atoms with Gasteiger partial charge < -0.3 is 15.3 Å². The van der Waals surface area contributed by atoms with Crippen LogP contribution in [0.3, 0.4) is 0 Å². The Balaban J connectivity index is 2.43. The molecule has 116 valence electrons. The molecule has 21 heavy (non-hydrogen) atoms. The average molecular weight is 293 g/mol. The number of hydrogen-bond acceptors (Lipinski definition) is 3. The number of carboxylic acid groups (broad SMARTS) is 1. The van der Waals surface area contributed by atoms with Gasteiger partial charge in [-0.25, -0.2) is 4.79 Å². The van der Waals surface area contributed by atoms with Gasteiger partial charge in [-0.1, -0.05) is 13.0 Å². The monoisotopic (exact) mass is 293 g/mol. The highest BCUT2D eigenvalue weighted by atomic mass is 16.4. The molecule has 1 aromatic heterocycles. The van der Waals surface area contributed by atoms with Gasteiger partial charge in [0, 0.05) is 38.4 Å². The first-order valence-electron chi connectivity index (χ1n) is 7.01. The van der Waals surface area contributed by atoms with Gasteiger partial charge in [-0.15, -0.1) is 0 Å². The Hall–Kier alpha value is -2.11. The Morgan fingerprint density at radius 1 is 1.43 bits per heavy atom. The van der Waals surface area contributed by atoms with Gasteiger partial charge in [0.2, 0.25) is 0 Å². The molecule has 6 heteroatoms. The van der Waals surface area contributed by atoms with Crippen LogP contribution in [-0.2, 0) is 11.2 Å². The number of nitrogens with zero attached hydrogens (tertiary/aromatic N) is 2. The molecule has 0 aromatic carbocycles. The summed E-state index contributed by atoms with van der Waals surface area (Å²) in [5, 5.41) is 11.8. The summed E-state index contributed by atoms with van der Waals surface area (Å²) in [6, 6.07) is 5.38. The van der Waals surface area contributed by atoms with E-state index in [9.17, 15) is 9.59 Å². The van der Waals surface area contributed by atoms with Crippen molar-refractivity contribution >= 4 is 12.0 Å². The van der Waals surface area contributed by atoms with Crippen LogP contribution in [0.2, 0.25) is 0 Å². The number of aromatic nitrogens is 1. The first-order chi connectivity index (χ1) is 9.89. The zero-order chi connectivity index (χ0) is 15.9. The standard InChI is InChI=1S/C15H23N3O3/c1-4-15(2,13(19)20)11-17-14(21)18(3)10-8-12-7-5-6-9-16-12/h5-7,9H,4,8,10-11H2,1-3H3,(H,17,21)(H,19,20). The van der Waals surface area contributed by atoms with Gasteiger partial charge in [-0.2, -0.15) is 0 Å². The second-order valence-electron chi connectivity index (χ2n) is 5.37. The molecule has 0 saturated carbocycles. The summed E-state index contributed by atoms with van der Waals surface area (Å²) in [6.45, 7) is 4.07. The van der Waals surface area contributed by atoms with Crippen molar-refractivity contribution in [1.82, 2.24) is 15.2 Å². The molecule has 0 aliphatic carbocycles. The van der Waals surface area contributed by atoms with Crippen molar-refractivity contribution in [1.29, 1.82) is 0 Å². The predicted octanol–water partition coefficient (Wildman–Crippen LogP) is 1.77. The number of nitrogens with one attached hydrogen (secondary N) is 1. The number of rotatable bonds is 7. The topological polar surface area (TPSA) is 82.5 Å². The fraction of sp³-hybridized carbons (Fsp3) is 0.533. The SMILES string of the molecule is CCC(C)(CNC(=O)N(C)CCc1ccccn1)C(=O)O. The third-order valence-electron chi connectivity index (χ3n) is 3.70. The van der Waals surface area contributed by atoms with Gasteiger partial charge in [-0.05, 0) is 25.5 Å². The largest absolute Gasteiger partial charge is 0.481 e. The molecule has 0 aliphatic heterocycles. The Morgan fingerprint density at radius 3 is 2.67 bits per heavy atom. The van der Waals surface area contributed by atoms with E-state index in [1.807, 2.05) is 18.2 Å². The van der Waals surface area contributed by atoms with Crippen LogP contribution in [0, 0.1) is 5.41 Å². The lowest BCUT2D eigenvalue weighted by atomic mass is 9.88. The Bertz CT molecular complexity index is 478. The Morgan fingerprint density at radius 2 is 2.14 bits per heavy atom. The highest BCUT2D eigenvalue weighted by Crippen LogP contribution is 2.19. The maximum absolute atomic E-state index is 12.0. The van der Waals surface area contributed by atoms with Crippen molar-refractivity contribution < 1.29 is 14.7 Å². The van der Waals surface area contributed by atoms with E-state index in [2.05, 4.69) is 10.3 Å². The van der Waals surface area contributed by atoms with E-state index in [0.717, 1.165) is 5.69 Å². The molecule has 1 aromatic rings. The molecule has 0 aliphatic rings. The summed E-state index contributed by atoms with van der Waals surface area (Å²) in [5.74, 6) is -0.901. The van der Waals surface area contributed by atoms with E-state index in [1.165, 1.54) is 4.90 Å². The molecule has 0 radical (unpaired) electrons. The fourth-order valence-corrected chi connectivity index (χ4v) is 1.69. The second kappa shape index (κ2) is 7.61. The van der Waals surface area contributed by atoms with Gasteiger partial charge in [-0.3, -0.25) is 9.78 Å². The van der Waals surface area contributed by atoms with Crippen LogP contribution in [0.25, 0.3) is 0 Å². The first-order valence-corrected chi connectivity index (χ1v) is 7.01. The van der Waals surface area contributed by atoms with E-state index in [1.54, 1.807) is 27.1 Å². The fourth-order valence-electron chi connectivity index (χ4n) is 1.69. The summed E-state index contributed by atoms with van der Waals surface area (Å²) < 4.78 is 0. The molecule has 0 saturated heterocycles. The highest BCUT2D eigenvalue weighted by Gasteiger charge is 2.31. The van der Waals surface area contributed by atoms with Gasteiger partial charge >= 0.3 is 12.0 Å². The van der Waals surface area contributed by atoms with Crippen molar-refractivity contribution in [3.05, 3.63) is 30.1 Å². The number of carbonyl (C=O) groups excluding carboxylic acids is 1. The van der Waals surface area contributed by atoms with Crippen LogP contribution in [0.15, 0.2) is 24.4 Å². The Labute approximate surface area is 125 Å². The van der Waals surface area contributed by atoms with Gasteiger partial charge in [0.25, 0.3) is 0 Å². The predicted molar refractivity (Wildman–Crippen MR) is 80.0 cm³/mol. The highest BCUT2D eigenvalue weighted by molar-refractivity contribution is 5.77. The van der Waals surface area contributed by atoms with Gasteiger partial charge in [0.15, 0.2) is 0 Å². The van der Waals surface area contributed by atoms with Crippen LogP contribution in [0.1, 0.15) is 26.0 Å². The minimum Gasteiger partial charge on any atom is -0.481 e. The van der Waals surface area contributed by atoms with Crippen molar-refractivity contribution in [2.75, 3.05) is 20.1 Å². The van der Waals surface area contributed by atoms with Crippen molar-refractivity contribution in [2.24, 2.45) is 5.41 Å². The zero-order valence-corrected chi connectivity index (χ0v) is 12.8. The number of likely N-dealkylation sites (N-methyl/N-ethyl adjacent to an activating group) is 1. The lowest BCUT2D eigenvalue weighted by Gasteiger charge is -2.25. The van der Waals surface area contributed by atoms with E-state index in [-0.39, 0.29) is 12.6 Å². The molecule has 1 rings (SSSR count). The Kier molecular flexibility index (Phi) is 6.14. The van der Waals surface area contributed by atoms with E-state index in [4.69, 9.17) is 5.11 Å². The maximum Gasteiger partial charge on any atom is 0.317 e. The van der Waals surface area contributed by atoms with Crippen LogP contribution >= 0.6 is 0 Å². The zero-order valence-electron chi connectivity index (χ0n) is 12.8. The molecular weight excluding hydrogens is 270 g/mol. The molecule has 2 N–H and O–H groups in total. The third-order valence-corrected chi connectivity index (χ3v) is 3.70. The molecule has 6 nitrogen and oxygen atoms in total. The van der Waals surface area contributed by atoms with Crippen molar-refractivity contribution in [3.63, 3.8) is 0 Å². The van der Waals surface area contributed by atoms with Crippen LogP contribution in [-0.4, -0.2) is 47.1 Å². The number of amides is 2. The summed E-state index contributed by atoms with van der Waals surface area (Å²) in [7, 11) is 1.68. The smallest absolute Gasteiger partial charge is 0.317 e. The summed E-state index contributed by atoms with van der Waals surface area (Å²) >= 11 is 0. The summed E-state index contributed by atoms with van der Waals surface area (Å²) in [5.41, 5.74) is -0.0154. The van der Waals surface area contributed by atoms with Crippen molar-refractivity contribution in [3.8, 4) is 0 Å².